The van der Waals surface area contributed by atoms with E-state index in [-0.39, 0.29) is 6.04 Å². The van der Waals surface area contributed by atoms with Gasteiger partial charge in [0.25, 0.3) is 0 Å². The molecule has 4 heteroatoms. The monoisotopic (exact) mass is 355 g/mol. The van der Waals surface area contributed by atoms with E-state index in [0.29, 0.717) is 25.4 Å². The zero-order chi connectivity index (χ0) is 18.8. The summed E-state index contributed by atoms with van der Waals surface area (Å²) >= 11 is 0. The number of nitrogens with one attached hydrogen (secondary N) is 1. The Hall–Kier alpha value is -2.33. The molecule has 2 aromatic rings. The molecule has 0 aliphatic carbocycles. The van der Waals surface area contributed by atoms with Crippen molar-refractivity contribution in [2.24, 2.45) is 5.92 Å². The number of hydrogen-bond donors (Lipinski definition) is 2. The number of aliphatic hydroxyl groups is 1. The molecule has 2 aromatic carbocycles. The van der Waals surface area contributed by atoms with Crippen molar-refractivity contribution in [2.45, 2.75) is 45.3 Å². The van der Waals surface area contributed by atoms with Crippen molar-refractivity contribution < 1.29 is 14.6 Å². The number of amides is 1. The van der Waals surface area contributed by atoms with Crippen LogP contribution in [-0.2, 0) is 17.6 Å². The Labute approximate surface area is 156 Å². The summed E-state index contributed by atoms with van der Waals surface area (Å²) in [6, 6.07) is 19.7. The minimum absolute atomic E-state index is 0.301. The van der Waals surface area contributed by atoms with Crippen LogP contribution in [0.1, 0.15) is 31.4 Å². The number of alkyl carbamates (subject to hydrolysis) is 1. The van der Waals surface area contributed by atoms with Gasteiger partial charge in [0.05, 0.1) is 18.8 Å². The van der Waals surface area contributed by atoms with Gasteiger partial charge in [-0.1, -0.05) is 67.6 Å². The summed E-state index contributed by atoms with van der Waals surface area (Å²) in [6.45, 7) is 4.20. The first kappa shape index (κ1) is 20.0. The normalized spacial score (nSPS) is 14.3. The Morgan fingerprint density at radius 1 is 1.00 bits per heavy atom. The van der Waals surface area contributed by atoms with Crippen LogP contribution in [0.4, 0.5) is 4.79 Å². The largest absolute Gasteiger partial charge is 0.450 e. The highest BCUT2D eigenvalue weighted by Gasteiger charge is 2.24. The lowest BCUT2D eigenvalue weighted by atomic mass is 9.90. The first-order valence-electron chi connectivity index (χ1n) is 9.27. The third-order valence-corrected chi connectivity index (χ3v) is 4.41. The highest BCUT2D eigenvalue weighted by atomic mass is 16.5. The Morgan fingerprint density at radius 2 is 1.54 bits per heavy atom. The Kier molecular flexibility index (Phi) is 8.16. The Bertz CT molecular complexity index is 645. The molecule has 0 heterocycles. The standard InChI is InChI=1S/C22H29NO3/c1-3-26-22(25)23-20(16-19-12-8-5-9-13-19)21(24)15-17(2)14-18-10-6-4-7-11-18/h4-13,17,20-21,24H,3,14-16H2,1-2H3,(H,23,25)/t17-,20-,21-/m0/s1. The zero-order valence-electron chi connectivity index (χ0n) is 15.6. The second kappa shape index (κ2) is 10.6. The Morgan fingerprint density at radius 3 is 2.08 bits per heavy atom. The third-order valence-electron chi connectivity index (χ3n) is 4.41. The molecule has 0 radical (unpaired) electrons. The van der Waals surface area contributed by atoms with Gasteiger partial charge in [-0.3, -0.25) is 0 Å². The van der Waals surface area contributed by atoms with Crippen molar-refractivity contribution in [3.8, 4) is 0 Å². The first-order valence-corrected chi connectivity index (χ1v) is 9.27. The second-order valence-corrected chi connectivity index (χ2v) is 6.76. The molecule has 2 rings (SSSR count). The molecule has 3 atom stereocenters. The molecule has 0 aliphatic heterocycles. The molecule has 26 heavy (non-hydrogen) atoms. The molecule has 140 valence electrons. The maximum Gasteiger partial charge on any atom is 0.407 e. The van der Waals surface area contributed by atoms with Gasteiger partial charge in [-0.25, -0.2) is 4.79 Å². The van der Waals surface area contributed by atoms with E-state index in [0.717, 1.165) is 12.0 Å². The van der Waals surface area contributed by atoms with Gasteiger partial charge in [0, 0.05) is 0 Å². The lowest BCUT2D eigenvalue weighted by Crippen LogP contribution is -2.45. The summed E-state index contributed by atoms with van der Waals surface area (Å²) in [6.07, 6.45) is 0.953. The van der Waals surface area contributed by atoms with Crippen LogP contribution in [-0.4, -0.2) is 30.0 Å². The number of carbonyl (C=O) groups is 1. The quantitative estimate of drug-likeness (QED) is 0.715. The molecule has 0 saturated carbocycles. The van der Waals surface area contributed by atoms with E-state index < -0.39 is 12.2 Å². The van der Waals surface area contributed by atoms with Gasteiger partial charge in [0.2, 0.25) is 0 Å². The lowest BCUT2D eigenvalue weighted by Gasteiger charge is -2.26. The molecule has 1 amide bonds. The average Bonchev–Trinajstić information content (AvgIpc) is 2.63. The van der Waals surface area contributed by atoms with Gasteiger partial charge in [0.15, 0.2) is 0 Å². The number of aliphatic hydroxyl groups excluding tert-OH is 1. The van der Waals surface area contributed by atoms with E-state index in [1.807, 2.05) is 48.5 Å². The van der Waals surface area contributed by atoms with E-state index in [9.17, 15) is 9.90 Å². The van der Waals surface area contributed by atoms with Crippen molar-refractivity contribution in [2.75, 3.05) is 6.61 Å². The molecule has 0 saturated heterocycles. The van der Waals surface area contributed by atoms with Crippen molar-refractivity contribution in [3.63, 3.8) is 0 Å². The summed E-state index contributed by atoms with van der Waals surface area (Å²) in [5, 5.41) is 13.6. The number of benzene rings is 2. The molecule has 0 aliphatic rings. The topological polar surface area (TPSA) is 58.6 Å². The summed E-state index contributed by atoms with van der Waals surface area (Å²) in [5.74, 6) is 0.301. The van der Waals surface area contributed by atoms with Crippen molar-refractivity contribution in [1.29, 1.82) is 0 Å². The predicted octanol–water partition coefficient (Wildman–Crippen LogP) is 3.97. The average molecular weight is 355 g/mol. The fraction of sp³-hybridized carbons (Fsp3) is 0.409. The van der Waals surface area contributed by atoms with Crippen LogP contribution in [0.3, 0.4) is 0 Å². The SMILES string of the molecule is CCOC(=O)N[C@@H](Cc1ccccc1)[C@@H](O)C[C@@H](C)Cc1ccccc1. The molecular weight excluding hydrogens is 326 g/mol. The Balaban J connectivity index is 1.98. The highest BCUT2D eigenvalue weighted by Crippen LogP contribution is 2.17. The van der Waals surface area contributed by atoms with Gasteiger partial charge in [-0.05, 0) is 43.2 Å². The molecule has 0 bridgehead atoms. The third kappa shape index (κ3) is 6.89. The van der Waals surface area contributed by atoms with Gasteiger partial charge in [-0.2, -0.15) is 0 Å². The number of carbonyl (C=O) groups excluding carboxylic acids is 1. The summed E-state index contributed by atoms with van der Waals surface area (Å²) < 4.78 is 5.00. The van der Waals surface area contributed by atoms with Crippen molar-refractivity contribution >= 4 is 6.09 Å². The van der Waals surface area contributed by atoms with E-state index >= 15 is 0 Å². The minimum atomic E-state index is -0.640. The highest BCUT2D eigenvalue weighted by molar-refractivity contribution is 5.67. The molecule has 2 N–H and O–H groups in total. The van der Waals surface area contributed by atoms with Gasteiger partial charge < -0.3 is 15.2 Å². The fourth-order valence-electron chi connectivity index (χ4n) is 3.15. The van der Waals surface area contributed by atoms with Crippen LogP contribution < -0.4 is 5.32 Å². The summed E-state index contributed by atoms with van der Waals surface area (Å²) in [4.78, 5) is 11.9. The minimum Gasteiger partial charge on any atom is -0.450 e. The molecule has 0 spiro atoms. The summed E-state index contributed by atoms with van der Waals surface area (Å²) in [7, 11) is 0. The molecular formula is C22H29NO3. The van der Waals surface area contributed by atoms with Crippen LogP contribution >= 0.6 is 0 Å². The van der Waals surface area contributed by atoms with Crippen LogP contribution in [0.15, 0.2) is 60.7 Å². The molecule has 0 fully saturated rings. The van der Waals surface area contributed by atoms with Crippen LogP contribution in [0.2, 0.25) is 0 Å². The van der Waals surface area contributed by atoms with E-state index in [1.54, 1.807) is 6.92 Å². The zero-order valence-corrected chi connectivity index (χ0v) is 15.6. The molecule has 4 nitrogen and oxygen atoms in total. The van der Waals surface area contributed by atoms with E-state index in [2.05, 4.69) is 24.4 Å². The molecule has 0 unspecified atom stereocenters. The number of hydrogen-bond acceptors (Lipinski definition) is 3. The van der Waals surface area contributed by atoms with E-state index in [4.69, 9.17) is 4.74 Å². The van der Waals surface area contributed by atoms with Crippen molar-refractivity contribution in [1.82, 2.24) is 5.32 Å². The number of ether oxygens (including phenoxy) is 1. The fourth-order valence-corrected chi connectivity index (χ4v) is 3.15. The lowest BCUT2D eigenvalue weighted by molar-refractivity contribution is 0.0905. The van der Waals surface area contributed by atoms with Gasteiger partial charge in [0.1, 0.15) is 0 Å². The second-order valence-electron chi connectivity index (χ2n) is 6.76. The smallest absolute Gasteiger partial charge is 0.407 e. The first-order chi connectivity index (χ1) is 12.6. The predicted molar refractivity (Wildman–Crippen MR) is 104 cm³/mol. The number of rotatable bonds is 9. The van der Waals surface area contributed by atoms with Gasteiger partial charge >= 0.3 is 6.09 Å². The molecule has 0 aromatic heterocycles. The van der Waals surface area contributed by atoms with Crippen LogP contribution in [0.25, 0.3) is 0 Å². The maximum absolute atomic E-state index is 11.9. The van der Waals surface area contributed by atoms with Crippen LogP contribution in [0.5, 0.6) is 0 Å². The van der Waals surface area contributed by atoms with Crippen molar-refractivity contribution in [3.05, 3.63) is 71.8 Å². The van der Waals surface area contributed by atoms with Crippen LogP contribution in [0, 0.1) is 5.92 Å². The van der Waals surface area contributed by atoms with Gasteiger partial charge in [-0.15, -0.1) is 0 Å². The van der Waals surface area contributed by atoms with E-state index in [1.165, 1.54) is 5.56 Å². The maximum atomic E-state index is 11.9. The summed E-state index contributed by atoms with van der Waals surface area (Å²) in [5.41, 5.74) is 2.33.